The molecule has 0 spiro atoms. The van der Waals surface area contributed by atoms with E-state index in [1.165, 1.54) is 19.4 Å². The van der Waals surface area contributed by atoms with E-state index < -0.39 is 0 Å². The summed E-state index contributed by atoms with van der Waals surface area (Å²) in [6.07, 6.45) is 6.36. The lowest BCUT2D eigenvalue weighted by Crippen LogP contribution is -2.44. The number of piperidine rings is 1. The molecular formula is C14H29N3O. The number of carbonyl (C=O) groups is 1. The van der Waals surface area contributed by atoms with E-state index in [0.717, 1.165) is 38.9 Å². The third-order valence-electron chi connectivity index (χ3n) is 3.61. The second kappa shape index (κ2) is 9.34. The Bertz CT molecular complexity index is 225. The van der Waals surface area contributed by atoms with Crippen LogP contribution in [0.3, 0.4) is 0 Å². The van der Waals surface area contributed by atoms with Gasteiger partial charge in [-0.2, -0.15) is 0 Å². The van der Waals surface area contributed by atoms with E-state index in [1.807, 2.05) is 7.05 Å². The Morgan fingerprint density at radius 1 is 1.28 bits per heavy atom. The molecule has 0 saturated carbocycles. The Morgan fingerprint density at radius 3 is 2.61 bits per heavy atom. The van der Waals surface area contributed by atoms with Crippen molar-refractivity contribution in [3.63, 3.8) is 0 Å². The SMILES string of the molecule is CCCCN1CCC(NC(=O)CCCNC)CC1. The normalized spacial score (nSPS) is 17.9. The minimum Gasteiger partial charge on any atom is -0.353 e. The molecule has 0 bridgehead atoms. The number of unbranched alkanes of at least 4 members (excludes halogenated alkanes) is 1. The molecule has 4 heteroatoms. The van der Waals surface area contributed by atoms with E-state index in [1.54, 1.807) is 0 Å². The van der Waals surface area contributed by atoms with Gasteiger partial charge in [-0.1, -0.05) is 13.3 Å². The van der Waals surface area contributed by atoms with Crippen LogP contribution >= 0.6 is 0 Å². The highest BCUT2D eigenvalue weighted by Crippen LogP contribution is 2.11. The minimum absolute atomic E-state index is 0.220. The van der Waals surface area contributed by atoms with Gasteiger partial charge in [0.1, 0.15) is 0 Å². The van der Waals surface area contributed by atoms with Crippen LogP contribution in [0.15, 0.2) is 0 Å². The van der Waals surface area contributed by atoms with E-state index in [0.29, 0.717) is 12.5 Å². The quantitative estimate of drug-likeness (QED) is 0.644. The number of hydrogen-bond donors (Lipinski definition) is 2. The average Bonchev–Trinajstić information content (AvgIpc) is 2.38. The van der Waals surface area contributed by atoms with Crippen LogP contribution < -0.4 is 10.6 Å². The summed E-state index contributed by atoms with van der Waals surface area (Å²) in [5, 5.41) is 6.23. The molecule has 1 fully saturated rings. The van der Waals surface area contributed by atoms with Gasteiger partial charge < -0.3 is 15.5 Å². The third-order valence-corrected chi connectivity index (χ3v) is 3.61. The minimum atomic E-state index is 0.220. The first-order chi connectivity index (χ1) is 8.76. The van der Waals surface area contributed by atoms with Crippen molar-refractivity contribution in [1.82, 2.24) is 15.5 Å². The van der Waals surface area contributed by atoms with Crippen LogP contribution in [0.1, 0.15) is 45.4 Å². The molecule has 0 aromatic heterocycles. The van der Waals surface area contributed by atoms with Gasteiger partial charge in [0.05, 0.1) is 0 Å². The molecule has 1 heterocycles. The second-order valence-corrected chi connectivity index (χ2v) is 5.24. The van der Waals surface area contributed by atoms with Gasteiger partial charge in [-0.25, -0.2) is 0 Å². The maximum atomic E-state index is 11.7. The number of amides is 1. The molecule has 0 radical (unpaired) electrons. The Labute approximate surface area is 111 Å². The van der Waals surface area contributed by atoms with E-state index in [-0.39, 0.29) is 5.91 Å². The number of rotatable bonds is 8. The molecule has 1 amide bonds. The average molecular weight is 255 g/mol. The van der Waals surface area contributed by atoms with Crippen LogP contribution in [0.25, 0.3) is 0 Å². The van der Waals surface area contributed by atoms with Crippen LogP contribution in [0.2, 0.25) is 0 Å². The second-order valence-electron chi connectivity index (χ2n) is 5.24. The maximum absolute atomic E-state index is 11.7. The molecule has 0 aromatic carbocycles. The van der Waals surface area contributed by atoms with Gasteiger partial charge in [-0.15, -0.1) is 0 Å². The highest BCUT2D eigenvalue weighted by molar-refractivity contribution is 5.76. The Kier molecular flexibility index (Phi) is 8.01. The van der Waals surface area contributed by atoms with Crippen LogP contribution in [-0.4, -0.2) is 50.1 Å². The zero-order chi connectivity index (χ0) is 13.2. The lowest BCUT2D eigenvalue weighted by Gasteiger charge is -2.32. The first-order valence-corrected chi connectivity index (χ1v) is 7.42. The molecule has 0 unspecified atom stereocenters. The number of hydrogen-bond acceptors (Lipinski definition) is 3. The molecule has 1 saturated heterocycles. The molecular weight excluding hydrogens is 226 g/mol. The van der Waals surface area contributed by atoms with Crippen LogP contribution in [0.5, 0.6) is 0 Å². The molecule has 0 atom stereocenters. The van der Waals surface area contributed by atoms with Crippen molar-refractivity contribution in [2.24, 2.45) is 0 Å². The fourth-order valence-electron chi connectivity index (χ4n) is 2.41. The molecule has 1 aliphatic heterocycles. The van der Waals surface area contributed by atoms with Crippen molar-refractivity contribution in [1.29, 1.82) is 0 Å². The van der Waals surface area contributed by atoms with Crippen molar-refractivity contribution in [2.75, 3.05) is 33.2 Å². The zero-order valence-electron chi connectivity index (χ0n) is 12.0. The van der Waals surface area contributed by atoms with Gasteiger partial charge in [0.2, 0.25) is 5.91 Å². The van der Waals surface area contributed by atoms with Gasteiger partial charge in [0.25, 0.3) is 0 Å². The predicted molar refractivity (Wildman–Crippen MR) is 75.7 cm³/mol. The summed E-state index contributed by atoms with van der Waals surface area (Å²) < 4.78 is 0. The van der Waals surface area contributed by atoms with E-state index in [9.17, 15) is 4.79 Å². The van der Waals surface area contributed by atoms with Crippen LogP contribution in [-0.2, 0) is 4.79 Å². The number of nitrogens with one attached hydrogen (secondary N) is 2. The van der Waals surface area contributed by atoms with Crippen LogP contribution in [0.4, 0.5) is 0 Å². The summed E-state index contributed by atoms with van der Waals surface area (Å²) >= 11 is 0. The molecule has 106 valence electrons. The largest absolute Gasteiger partial charge is 0.353 e. The van der Waals surface area contributed by atoms with Gasteiger partial charge >= 0.3 is 0 Å². The third kappa shape index (κ3) is 6.36. The summed E-state index contributed by atoms with van der Waals surface area (Å²) in [4.78, 5) is 14.2. The first-order valence-electron chi connectivity index (χ1n) is 7.42. The predicted octanol–water partition coefficient (Wildman–Crippen LogP) is 1.37. The smallest absolute Gasteiger partial charge is 0.220 e. The molecule has 1 rings (SSSR count). The summed E-state index contributed by atoms with van der Waals surface area (Å²) in [6, 6.07) is 0.407. The standard InChI is InChI=1S/C14H29N3O/c1-3-4-10-17-11-7-13(8-12-17)16-14(18)6-5-9-15-2/h13,15H,3-12H2,1-2H3,(H,16,18). The van der Waals surface area contributed by atoms with Gasteiger partial charge in [0.15, 0.2) is 0 Å². The molecule has 0 aliphatic carbocycles. The Morgan fingerprint density at radius 2 is 2.00 bits per heavy atom. The monoisotopic (exact) mass is 255 g/mol. The fourth-order valence-corrected chi connectivity index (χ4v) is 2.41. The molecule has 2 N–H and O–H groups in total. The van der Waals surface area contributed by atoms with Gasteiger partial charge in [-0.3, -0.25) is 4.79 Å². The first kappa shape index (κ1) is 15.4. The summed E-state index contributed by atoms with van der Waals surface area (Å²) in [5.74, 6) is 0.220. The number of nitrogens with zero attached hydrogens (tertiary/aromatic N) is 1. The van der Waals surface area contributed by atoms with E-state index >= 15 is 0 Å². The van der Waals surface area contributed by atoms with Crippen molar-refractivity contribution in [2.45, 2.75) is 51.5 Å². The van der Waals surface area contributed by atoms with E-state index in [4.69, 9.17) is 0 Å². The molecule has 18 heavy (non-hydrogen) atoms. The van der Waals surface area contributed by atoms with Crippen molar-refractivity contribution < 1.29 is 4.79 Å². The summed E-state index contributed by atoms with van der Waals surface area (Å²) in [6.45, 7) is 6.66. The topological polar surface area (TPSA) is 44.4 Å². The zero-order valence-corrected chi connectivity index (χ0v) is 12.0. The number of carbonyl (C=O) groups excluding carboxylic acids is 1. The fraction of sp³-hybridized carbons (Fsp3) is 0.929. The lowest BCUT2D eigenvalue weighted by molar-refractivity contribution is -0.122. The van der Waals surface area contributed by atoms with E-state index in [2.05, 4.69) is 22.5 Å². The number of likely N-dealkylation sites (tertiary alicyclic amines) is 1. The highest BCUT2D eigenvalue weighted by atomic mass is 16.1. The highest BCUT2D eigenvalue weighted by Gasteiger charge is 2.19. The lowest BCUT2D eigenvalue weighted by atomic mass is 10.0. The molecule has 0 aromatic rings. The molecule has 4 nitrogen and oxygen atoms in total. The summed E-state index contributed by atoms with van der Waals surface area (Å²) in [5.41, 5.74) is 0. The van der Waals surface area contributed by atoms with Crippen molar-refractivity contribution in [3.05, 3.63) is 0 Å². The Balaban J connectivity index is 2.09. The molecule has 1 aliphatic rings. The van der Waals surface area contributed by atoms with Crippen molar-refractivity contribution >= 4 is 5.91 Å². The van der Waals surface area contributed by atoms with Crippen LogP contribution in [0, 0.1) is 0 Å². The maximum Gasteiger partial charge on any atom is 0.220 e. The Hall–Kier alpha value is -0.610. The summed E-state index contributed by atoms with van der Waals surface area (Å²) in [7, 11) is 1.92. The van der Waals surface area contributed by atoms with Gasteiger partial charge in [-0.05, 0) is 45.8 Å². The van der Waals surface area contributed by atoms with Gasteiger partial charge in [0, 0.05) is 25.6 Å². The van der Waals surface area contributed by atoms with Crippen molar-refractivity contribution in [3.8, 4) is 0 Å².